The van der Waals surface area contributed by atoms with Crippen LogP contribution in [0.3, 0.4) is 0 Å². The summed E-state index contributed by atoms with van der Waals surface area (Å²) in [4.78, 5) is 4.86. The molecule has 1 unspecified atom stereocenters. The molecule has 0 amide bonds. The highest BCUT2D eigenvalue weighted by atomic mass is 15.2. The molecule has 1 aliphatic carbocycles. The average molecular weight is 667 g/mol. The van der Waals surface area contributed by atoms with Gasteiger partial charge in [0.15, 0.2) is 0 Å². The van der Waals surface area contributed by atoms with Gasteiger partial charge in [-0.3, -0.25) is 0 Å². The molecule has 0 saturated heterocycles. The molecular formula is C50H38N2. The molecule has 0 saturated carbocycles. The summed E-state index contributed by atoms with van der Waals surface area (Å²) >= 11 is 0. The van der Waals surface area contributed by atoms with E-state index < -0.39 is 5.54 Å². The first kappa shape index (κ1) is 31.3. The fourth-order valence-electron chi connectivity index (χ4n) is 7.79. The molecule has 0 fully saturated rings. The Morgan fingerprint density at radius 3 is 1.42 bits per heavy atom. The van der Waals surface area contributed by atoms with Crippen LogP contribution in [0.4, 0.5) is 28.4 Å². The van der Waals surface area contributed by atoms with Gasteiger partial charge in [0.2, 0.25) is 0 Å². The first-order chi connectivity index (χ1) is 25.7. The Bertz CT molecular complexity index is 2420. The van der Waals surface area contributed by atoms with E-state index in [1.165, 1.54) is 38.6 Å². The summed E-state index contributed by atoms with van der Waals surface area (Å²) in [5.41, 5.74) is 11.4. The van der Waals surface area contributed by atoms with Crippen molar-refractivity contribution in [1.82, 2.24) is 0 Å². The van der Waals surface area contributed by atoms with Crippen LogP contribution in [0.25, 0.3) is 28.0 Å². The van der Waals surface area contributed by atoms with Crippen LogP contribution in [0.15, 0.2) is 212 Å². The molecule has 0 radical (unpaired) electrons. The SMILES string of the molecule is C1=CC(c2ccc(-c3ccccc3)cc2)(N(c2ccccc2)c2ccc(N(c3ccccc3)c3ccccc3)cc2)Cc2cc3ccccc3cc21. The van der Waals surface area contributed by atoms with E-state index in [-0.39, 0.29) is 0 Å². The van der Waals surface area contributed by atoms with Crippen LogP contribution in [0.1, 0.15) is 16.7 Å². The Hall–Kier alpha value is -6.64. The zero-order valence-electron chi connectivity index (χ0n) is 28.9. The van der Waals surface area contributed by atoms with Gasteiger partial charge in [0.1, 0.15) is 0 Å². The highest BCUT2D eigenvalue weighted by Crippen LogP contribution is 2.47. The Kier molecular flexibility index (Phi) is 8.19. The summed E-state index contributed by atoms with van der Waals surface area (Å²) in [7, 11) is 0. The van der Waals surface area contributed by atoms with Gasteiger partial charge in [-0.05, 0) is 105 Å². The summed E-state index contributed by atoms with van der Waals surface area (Å²) in [5.74, 6) is 0. The number of hydrogen-bond donors (Lipinski definition) is 0. The molecule has 0 aliphatic heterocycles. The van der Waals surface area contributed by atoms with E-state index in [0.717, 1.165) is 34.9 Å². The van der Waals surface area contributed by atoms with E-state index in [4.69, 9.17) is 0 Å². The molecule has 1 aliphatic rings. The number of rotatable bonds is 8. The number of fused-ring (bicyclic) bond motifs is 2. The summed E-state index contributed by atoms with van der Waals surface area (Å²) in [6, 6.07) is 74.4. The first-order valence-corrected chi connectivity index (χ1v) is 18.0. The molecule has 8 aromatic carbocycles. The van der Waals surface area contributed by atoms with Crippen LogP contribution in [0.5, 0.6) is 0 Å². The Balaban J connectivity index is 1.21. The smallest absolute Gasteiger partial charge is 0.0929 e. The largest absolute Gasteiger partial charge is 0.327 e. The van der Waals surface area contributed by atoms with Crippen molar-refractivity contribution in [3.8, 4) is 11.1 Å². The standard InChI is InChI=1S/C50H38N2/c1-5-15-38(16-6-1)39-25-27-44(28-26-39)50(34-33-42-35-40-17-13-14-18-41(40)36-43(42)37-50)52(48-23-11-4-12-24-48)49-31-29-47(30-32-49)51(45-19-7-2-8-20-45)46-21-9-3-10-22-46/h1-36H,37H2. The minimum atomic E-state index is -0.508. The lowest BCUT2D eigenvalue weighted by atomic mass is 9.75. The summed E-state index contributed by atoms with van der Waals surface area (Å²) < 4.78 is 0. The summed E-state index contributed by atoms with van der Waals surface area (Å²) in [5, 5.41) is 2.53. The molecule has 2 nitrogen and oxygen atoms in total. The number of benzene rings is 8. The topological polar surface area (TPSA) is 6.48 Å². The predicted molar refractivity (Wildman–Crippen MR) is 220 cm³/mol. The Labute approximate surface area is 306 Å². The fourth-order valence-corrected chi connectivity index (χ4v) is 7.79. The number of anilines is 5. The highest BCUT2D eigenvalue weighted by Gasteiger charge is 2.40. The number of para-hydroxylation sites is 3. The van der Waals surface area contributed by atoms with E-state index in [1.807, 2.05) is 0 Å². The quantitative estimate of drug-likeness (QED) is 0.159. The van der Waals surface area contributed by atoms with Gasteiger partial charge in [-0.2, -0.15) is 0 Å². The third-order valence-corrected chi connectivity index (χ3v) is 10.3. The minimum Gasteiger partial charge on any atom is -0.327 e. The van der Waals surface area contributed by atoms with Crippen molar-refractivity contribution in [2.24, 2.45) is 0 Å². The van der Waals surface area contributed by atoms with Crippen molar-refractivity contribution in [2.45, 2.75) is 12.0 Å². The van der Waals surface area contributed by atoms with Crippen LogP contribution in [-0.2, 0) is 12.0 Å². The second-order valence-electron chi connectivity index (χ2n) is 13.5. The van der Waals surface area contributed by atoms with E-state index in [0.29, 0.717) is 0 Å². The maximum absolute atomic E-state index is 2.54. The van der Waals surface area contributed by atoms with Crippen LogP contribution >= 0.6 is 0 Å². The van der Waals surface area contributed by atoms with Gasteiger partial charge in [-0.15, -0.1) is 0 Å². The van der Waals surface area contributed by atoms with E-state index >= 15 is 0 Å². The third-order valence-electron chi connectivity index (χ3n) is 10.3. The third kappa shape index (κ3) is 5.85. The minimum absolute atomic E-state index is 0.508. The van der Waals surface area contributed by atoms with Crippen LogP contribution in [-0.4, -0.2) is 0 Å². The molecule has 52 heavy (non-hydrogen) atoms. The second kappa shape index (κ2) is 13.6. The van der Waals surface area contributed by atoms with E-state index in [1.54, 1.807) is 0 Å². The van der Waals surface area contributed by atoms with Gasteiger partial charge in [-0.1, -0.05) is 152 Å². The molecule has 2 heteroatoms. The van der Waals surface area contributed by atoms with Crippen molar-refractivity contribution in [2.75, 3.05) is 9.80 Å². The van der Waals surface area contributed by atoms with Gasteiger partial charge in [-0.25, -0.2) is 0 Å². The van der Waals surface area contributed by atoms with Crippen LogP contribution < -0.4 is 9.80 Å². The van der Waals surface area contributed by atoms with Crippen molar-refractivity contribution in [3.63, 3.8) is 0 Å². The average Bonchev–Trinajstić information content (AvgIpc) is 3.22. The summed E-state index contributed by atoms with van der Waals surface area (Å²) in [6.07, 6.45) is 5.58. The molecule has 0 bridgehead atoms. The normalized spacial score (nSPS) is 14.8. The Morgan fingerprint density at radius 1 is 0.385 bits per heavy atom. The van der Waals surface area contributed by atoms with Crippen LogP contribution in [0, 0.1) is 0 Å². The molecule has 0 spiro atoms. The van der Waals surface area contributed by atoms with Gasteiger partial charge in [0, 0.05) is 34.9 Å². The van der Waals surface area contributed by atoms with E-state index in [2.05, 4.69) is 228 Å². The first-order valence-electron chi connectivity index (χ1n) is 18.0. The van der Waals surface area contributed by atoms with Crippen molar-refractivity contribution >= 4 is 45.3 Å². The molecule has 0 N–H and O–H groups in total. The molecule has 0 heterocycles. The maximum Gasteiger partial charge on any atom is 0.0929 e. The molecule has 248 valence electrons. The highest BCUT2D eigenvalue weighted by molar-refractivity contribution is 5.87. The zero-order valence-corrected chi connectivity index (χ0v) is 28.9. The summed E-state index contributed by atoms with van der Waals surface area (Å²) in [6.45, 7) is 0. The van der Waals surface area contributed by atoms with Crippen molar-refractivity contribution in [1.29, 1.82) is 0 Å². The van der Waals surface area contributed by atoms with Gasteiger partial charge < -0.3 is 9.80 Å². The lowest BCUT2D eigenvalue weighted by Crippen LogP contribution is -2.45. The number of nitrogens with zero attached hydrogens (tertiary/aromatic N) is 2. The van der Waals surface area contributed by atoms with Crippen LogP contribution in [0.2, 0.25) is 0 Å². The monoisotopic (exact) mass is 666 g/mol. The zero-order chi connectivity index (χ0) is 34.7. The van der Waals surface area contributed by atoms with Crippen molar-refractivity contribution in [3.05, 3.63) is 229 Å². The molecule has 1 atom stereocenters. The van der Waals surface area contributed by atoms with Crippen molar-refractivity contribution < 1.29 is 0 Å². The Morgan fingerprint density at radius 2 is 0.827 bits per heavy atom. The molecule has 0 aromatic heterocycles. The maximum atomic E-state index is 2.54. The molecule has 9 rings (SSSR count). The molecule has 8 aromatic rings. The second-order valence-corrected chi connectivity index (χ2v) is 13.5. The van der Waals surface area contributed by atoms with Gasteiger partial charge >= 0.3 is 0 Å². The predicted octanol–water partition coefficient (Wildman–Crippen LogP) is 13.3. The fraction of sp³-hybridized carbons (Fsp3) is 0.0400. The van der Waals surface area contributed by atoms with Gasteiger partial charge in [0.25, 0.3) is 0 Å². The molecular weight excluding hydrogens is 629 g/mol. The lowest BCUT2D eigenvalue weighted by Gasteiger charge is -2.46. The van der Waals surface area contributed by atoms with E-state index in [9.17, 15) is 0 Å². The lowest BCUT2D eigenvalue weighted by molar-refractivity contribution is 0.537. The van der Waals surface area contributed by atoms with Gasteiger partial charge in [0.05, 0.1) is 5.54 Å². The number of hydrogen-bond acceptors (Lipinski definition) is 2.